The Morgan fingerprint density at radius 2 is 2.15 bits per heavy atom. The van der Waals surface area contributed by atoms with Gasteiger partial charge in [0.15, 0.2) is 0 Å². The summed E-state index contributed by atoms with van der Waals surface area (Å²) in [5, 5.41) is 1.70. The number of rotatable bonds is 5. The fourth-order valence-corrected chi connectivity index (χ4v) is 0.541. The number of alkyl halides is 3. The first-order valence-corrected chi connectivity index (χ1v) is 3.56. The van der Waals surface area contributed by atoms with Gasteiger partial charge in [0.25, 0.3) is 0 Å². The summed E-state index contributed by atoms with van der Waals surface area (Å²) >= 11 is 0. The predicted octanol–water partition coefficient (Wildman–Crippen LogP) is 1.22. The second kappa shape index (κ2) is 5.45. The maximum atomic E-state index is 11.6. The van der Waals surface area contributed by atoms with Gasteiger partial charge in [0, 0.05) is 6.54 Å². The number of carbonyl (C=O) groups excluding carboxylic acids is 1. The van der Waals surface area contributed by atoms with E-state index in [9.17, 15) is 18.0 Å². The molecular weight excluding hydrogens is 187 g/mol. The van der Waals surface area contributed by atoms with E-state index in [2.05, 4.69) is 11.3 Å². The molecule has 0 aromatic carbocycles. The van der Waals surface area contributed by atoms with Gasteiger partial charge in [0.05, 0.1) is 12.9 Å². The molecule has 0 aliphatic carbocycles. The highest BCUT2D eigenvalue weighted by molar-refractivity contribution is 5.81. The van der Waals surface area contributed by atoms with Crippen molar-refractivity contribution in [3.63, 3.8) is 0 Å². The van der Waals surface area contributed by atoms with E-state index < -0.39 is 12.1 Å². The van der Waals surface area contributed by atoms with Crippen LogP contribution in [0.15, 0.2) is 12.8 Å². The second-order valence-corrected chi connectivity index (χ2v) is 2.14. The molecule has 0 radical (unpaired) electrons. The lowest BCUT2D eigenvalue weighted by atomic mass is 10.4. The third-order valence-corrected chi connectivity index (χ3v) is 1.10. The number of ether oxygens (including phenoxy) is 1. The minimum Gasteiger partial charge on any atom is -0.502 e. The molecule has 0 unspecified atom stereocenters. The number of hydrogen-bond acceptors (Lipinski definition) is 2. The molecule has 0 aromatic rings. The van der Waals surface area contributed by atoms with Crippen LogP contribution in [0.3, 0.4) is 0 Å². The summed E-state index contributed by atoms with van der Waals surface area (Å²) in [6.07, 6.45) is -3.31. The topological polar surface area (TPSA) is 38.3 Å². The molecular formula is C7H10F3NO2. The van der Waals surface area contributed by atoms with Crippen LogP contribution in [0, 0.1) is 0 Å². The van der Waals surface area contributed by atoms with E-state index in [0.717, 1.165) is 0 Å². The number of hydrogen-bond donors (Lipinski definition) is 1. The van der Waals surface area contributed by atoms with Gasteiger partial charge in [-0.3, -0.25) is 4.79 Å². The summed E-state index contributed by atoms with van der Waals surface area (Å²) < 4.78 is 39.3. The quantitative estimate of drug-likeness (QED) is 0.531. The smallest absolute Gasteiger partial charge is 0.471 e. The van der Waals surface area contributed by atoms with Crippen molar-refractivity contribution in [1.29, 1.82) is 0 Å². The van der Waals surface area contributed by atoms with Crippen molar-refractivity contribution in [3.8, 4) is 0 Å². The summed E-state index contributed by atoms with van der Waals surface area (Å²) in [7, 11) is 0. The van der Waals surface area contributed by atoms with Gasteiger partial charge in [0.2, 0.25) is 0 Å². The molecule has 6 heteroatoms. The molecule has 0 rings (SSSR count). The van der Waals surface area contributed by atoms with Crippen molar-refractivity contribution < 1.29 is 22.7 Å². The van der Waals surface area contributed by atoms with Crippen LogP contribution in [0.25, 0.3) is 0 Å². The first-order chi connectivity index (χ1) is 5.98. The fourth-order valence-electron chi connectivity index (χ4n) is 0.541. The maximum absolute atomic E-state index is 11.6. The van der Waals surface area contributed by atoms with Crippen LogP contribution in [-0.4, -0.2) is 25.2 Å². The molecule has 0 spiro atoms. The zero-order chi connectivity index (χ0) is 10.3. The normalized spacial score (nSPS) is 10.7. The van der Waals surface area contributed by atoms with Crippen molar-refractivity contribution in [1.82, 2.24) is 5.32 Å². The van der Waals surface area contributed by atoms with Crippen LogP contribution in [0.2, 0.25) is 0 Å². The molecule has 0 aliphatic rings. The highest BCUT2D eigenvalue weighted by Gasteiger charge is 2.38. The van der Waals surface area contributed by atoms with E-state index in [0.29, 0.717) is 6.42 Å². The molecule has 0 fully saturated rings. The molecule has 0 bridgehead atoms. The van der Waals surface area contributed by atoms with Crippen LogP contribution in [0.4, 0.5) is 13.2 Å². The SMILES string of the molecule is C=COCCCNC(=O)C(F)(F)F. The van der Waals surface area contributed by atoms with Crippen molar-refractivity contribution in [2.24, 2.45) is 0 Å². The number of carbonyl (C=O) groups is 1. The predicted molar refractivity (Wildman–Crippen MR) is 39.8 cm³/mol. The minimum atomic E-state index is -4.81. The first-order valence-electron chi connectivity index (χ1n) is 3.56. The van der Waals surface area contributed by atoms with E-state index in [1.807, 2.05) is 0 Å². The molecule has 1 amide bonds. The zero-order valence-electron chi connectivity index (χ0n) is 6.86. The first kappa shape index (κ1) is 11.8. The van der Waals surface area contributed by atoms with Crippen molar-refractivity contribution >= 4 is 5.91 Å². The molecule has 0 saturated carbocycles. The molecule has 76 valence electrons. The summed E-state index contributed by atoms with van der Waals surface area (Å²) in [5.74, 6) is -1.92. The van der Waals surface area contributed by atoms with Crippen molar-refractivity contribution in [3.05, 3.63) is 12.8 Å². The molecule has 0 aromatic heterocycles. The van der Waals surface area contributed by atoms with E-state index in [-0.39, 0.29) is 13.2 Å². The monoisotopic (exact) mass is 197 g/mol. The zero-order valence-corrected chi connectivity index (χ0v) is 6.86. The molecule has 3 nitrogen and oxygen atoms in total. The molecule has 1 N–H and O–H groups in total. The lowest BCUT2D eigenvalue weighted by Gasteiger charge is -2.07. The van der Waals surface area contributed by atoms with Gasteiger partial charge < -0.3 is 10.1 Å². The highest BCUT2D eigenvalue weighted by Crippen LogP contribution is 2.13. The molecule has 13 heavy (non-hydrogen) atoms. The Hall–Kier alpha value is -1.20. The Morgan fingerprint density at radius 1 is 1.54 bits per heavy atom. The Balaban J connectivity index is 3.43. The largest absolute Gasteiger partial charge is 0.502 e. The maximum Gasteiger partial charge on any atom is 0.471 e. The Labute approximate surface area is 73.6 Å². The van der Waals surface area contributed by atoms with E-state index in [1.54, 1.807) is 5.32 Å². The molecule has 0 atom stereocenters. The summed E-state index contributed by atoms with van der Waals surface area (Å²) in [4.78, 5) is 10.2. The van der Waals surface area contributed by atoms with Crippen LogP contribution >= 0.6 is 0 Å². The van der Waals surface area contributed by atoms with Gasteiger partial charge in [-0.1, -0.05) is 6.58 Å². The summed E-state index contributed by atoms with van der Waals surface area (Å²) in [5.41, 5.74) is 0. The van der Waals surface area contributed by atoms with E-state index in [1.165, 1.54) is 6.26 Å². The van der Waals surface area contributed by atoms with E-state index in [4.69, 9.17) is 0 Å². The third kappa shape index (κ3) is 6.01. The minimum absolute atomic E-state index is 0.0633. The average Bonchev–Trinajstić information content (AvgIpc) is 2.02. The van der Waals surface area contributed by atoms with Crippen molar-refractivity contribution in [2.45, 2.75) is 12.6 Å². The number of nitrogens with one attached hydrogen (secondary N) is 1. The van der Waals surface area contributed by atoms with Gasteiger partial charge in [0.1, 0.15) is 0 Å². The van der Waals surface area contributed by atoms with Crippen LogP contribution in [0.1, 0.15) is 6.42 Å². The fraction of sp³-hybridized carbons (Fsp3) is 0.571. The molecule has 0 aliphatic heterocycles. The number of halogens is 3. The Morgan fingerprint density at radius 3 is 2.62 bits per heavy atom. The Bertz CT molecular complexity index is 179. The molecule has 0 heterocycles. The van der Waals surface area contributed by atoms with Gasteiger partial charge in [-0.05, 0) is 6.42 Å². The lowest BCUT2D eigenvalue weighted by Crippen LogP contribution is -2.37. The van der Waals surface area contributed by atoms with Gasteiger partial charge in [-0.2, -0.15) is 13.2 Å². The summed E-state index contributed by atoms with van der Waals surface area (Å²) in [6.45, 7) is 3.42. The average molecular weight is 197 g/mol. The van der Waals surface area contributed by atoms with Crippen molar-refractivity contribution in [2.75, 3.05) is 13.2 Å². The van der Waals surface area contributed by atoms with Gasteiger partial charge >= 0.3 is 12.1 Å². The Kier molecular flexibility index (Phi) is 4.94. The van der Waals surface area contributed by atoms with Crippen LogP contribution in [0.5, 0.6) is 0 Å². The molecule has 0 saturated heterocycles. The highest BCUT2D eigenvalue weighted by atomic mass is 19.4. The third-order valence-electron chi connectivity index (χ3n) is 1.10. The lowest BCUT2D eigenvalue weighted by molar-refractivity contribution is -0.173. The summed E-state index contributed by atoms with van der Waals surface area (Å²) in [6, 6.07) is 0. The second-order valence-electron chi connectivity index (χ2n) is 2.14. The van der Waals surface area contributed by atoms with Crippen LogP contribution in [-0.2, 0) is 9.53 Å². The standard InChI is InChI=1S/C7H10F3NO2/c1-2-13-5-3-4-11-6(12)7(8,9)10/h2H,1,3-5H2,(H,11,12). The van der Waals surface area contributed by atoms with Gasteiger partial charge in [-0.15, -0.1) is 0 Å². The van der Waals surface area contributed by atoms with Gasteiger partial charge in [-0.25, -0.2) is 0 Å². The van der Waals surface area contributed by atoms with E-state index >= 15 is 0 Å². The number of amides is 1. The van der Waals surface area contributed by atoms with Crippen LogP contribution < -0.4 is 5.32 Å².